The van der Waals surface area contributed by atoms with Crippen molar-refractivity contribution in [1.82, 2.24) is 0 Å². The molecular weight excluding hydrogens is 242 g/mol. The van der Waals surface area contributed by atoms with E-state index < -0.39 is 0 Å². The Kier molecular flexibility index (Phi) is 6.64. The van der Waals surface area contributed by atoms with Crippen LogP contribution < -0.4 is 0 Å². The summed E-state index contributed by atoms with van der Waals surface area (Å²) in [6, 6.07) is 0. The van der Waals surface area contributed by atoms with Crippen molar-refractivity contribution in [2.45, 2.75) is 78.1 Å². The normalized spacial score (nSPS) is 27.8. The van der Waals surface area contributed by atoms with E-state index >= 15 is 0 Å². The molecule has 0 amide bonds. The molecule has 0 aromatic heterocycles. The van der Waals surface area contributed by atoms with Crippen LogP contribution in [0.4, 0.5) is 0 Å². The summed E-state index contributed by atoms with van der Waals surface area (Å²) in [4.78, 5) is 0. The Morgan fingerprint density at radius 1 is 0.800 bits per heavy atom. The minimum absolute atomic E-state index is 0.934. The van der Waals surface area contributed by atoms with Gasteiger partial charge >= 0.3 is 0 Å². The van der Waals surface area contributed by atoms with Crippen LogP contribution in [-0.2, 0) is 0 Å². The molecule has 0 N–H and O–H groups in total. The zero-order chi connectivity index (χ0) is 14.2. The van der Waals surface area contributed by atoms with Gasteiger partial charge in [0.25, 0.3) is 0 Å². The summed E-state index contributed by atoms with van der Waals surface area (Å²) in [5, 5.41) is 0. The lowest BCUT2D eigenvalue weighted by atomic mass is 10.0. The summed E-state index contributed by atoms with van der Waals surface area (Å²) >= 11 is 0. The minimum atomic E-state index is 0.934. The maximum atomic E-state index is 3.34. The zero-order valence-electron chi connectivity index (χ0n) is 13.6. The number of hydrogen-bond acceptors (Lipinski definition) is 0. The summed E-state index contributed by atoms with van der Waals surface area (Å²) in [6.07, 6.45) is 13.3. The largest absolute Gasteiger partial charge is 0.237 e. The molecule has 0 spiro atoms. The van der Waals surface area contributed by atoms with Gasteiger partial charge in [-0.15, -0.1) is 11.8 Å². The van der Waals surface area contributed by atoms with Crippen molar-refractivity contribution in [3.8, 4) is 11.8 Å². The fraction of sp³-hybridized carbons (Fsp3) is 0.842. The third kappa shape index (κ3) is 4.37. The predicted octanol–water partition coefficient (Wildman–Crippen LogP) is 4.64. The molecule has 0 heterocycles. The molecule has 1 fully saturated rings. The van der Waals surface area contributed by atoms with Gasteiger partial charge in [0.05, 0.1) is 11.8 Å². The van der Waals surface area contributed by atoms with Crippen molar-refractivity contribution in [3.05, 3.63) is 0 Å². The molecule has 0 aliphatic heterocycles. The molecular formula is C19H32N+. The third-order valence-corrected chi connectivity index (χ3v) is 5.02. The van der Waals surface area contributed by atoms with E-state index in [2.05, 4.69) is 30.3 Å². The Balaban J connectivity index is 1.92. The summed E-state index contributed by atoms with van der Waals surface area (Å²) in [5.74, 6) is 8.55. The van der Waals surface area contributed by atoms with Crippen molar-refractivity contribution in [3.63, 3.8) is 0 Å². The Morgan fingerprint density at radius 3 is 1.75 bits per heavy atom. The first-order valence-electron chi connectivity index (χ1n) is 8.95. The highest BCUT2D eigenvalue weighted by Gasteiger charge is 2.51. The molecule has 2 rings (SSSR count). The van der Waals surface area contributed by atoms with Gasteiger partial charge in [-0.1, -0.05) is 25.7 Å². The first-order chi connectivity index (χ1) is 9.88. The van der Waals surface area contributed by atoms with Crippen LogP contribution in [-0.4, -0.2) is 23.4 Å². The molecule has 1 heteroatoms. The maximum Gasteiger partial charge on any atom is 0.160 e. The van der Waals surface area contributed by atoms with Gasteiger partial charge < -0.3 is 0 Å². The van der Waals surface area contributed by atoms with Gasteiger partial charge in [-0.05, 0) is 39.5 Å². The Labute approximate surface area is 125 Å². The van der Waals surface area contributed by atoms with E-state index in [1.807, 2.05) is 0 Å². The van der Waals surface area contributed by atoms with E-state index in [-0.39, 0.29) is 0 Å². The molecule has 112 valence electrons. The van der Waals surface area contributed by atoms with Gasteiger partial charge in [0.2, 0.25) is 0 Å². The smallest absolute Gasteiger partial charge is 0.160 e. The second-order valence-corrected chi connectivity index (χ2v) is 6.36. The van der Waals surface area contributed by atoms with Crippen LogP contribution >= 0.6 is 0 Å². The highest BCUT2D eigenvalue weighted by Crippen LogP contribution is 2.43. The summed E-state index contributed by atoms with van der Waals surface area (Å²) in [6.45, 7) is 7.02. The first kappa shape index (κ1) is 15.6. The second kappa shape index (κ2) is 8.50. The van der Waals surface area contributed by atoms with Crippen LogP contribution in [0, 0.1) is 23.7 Å². The van der Waals surface area contributed by atoms with Gasteiger partial charge in [0.15, 0.2) is 5.71 Å². The zero-order valence-corrected chi connectivity index (χ0v) is 13.6. The van der Waals surface area contributed by atoms with Crippen LogP contribution in [0.5, 0.6) is 0 Å². The lowest BCUT2D eigenvalue weighted by molar-refractivity contribution is -0.519. The van der Waals surface area contributed by atoms with Crippen molar-refractivity contribution in [2.75, 3.05) is 13.1 Å². The SMILES string of the molecule is CC[N+](CC)=C1C2CCCCCC#CCCCCCC12. The van der Waals surface area contributed by atoms with Crippen LogP contribution in [0.1, 0.15) is 78.1 Å². The van der Waals surface area contributed by atoms with Crippen LogP contribution in [0.15, 0.2) is 0 Å². The molecule has 2 atom stereocenters. The molecule has 1 saturated carbocycles. The first-order valence-corrected chi connectivity index (χ1v) is 8.95. The fourth-order valence-corrected chi connectivity index (χ4v) is 3.80. The molecule has 0 saturated heterocycles. The second-order valence-electron chi connectivity index (χ2n) is 6.36. The third-order valence-electron chi connectivity index (χ3n) is 5.02. The van der Waals surface area contributed by atoms with Crippen molar-refractivity contribution >= 4 is 5.71 Å². The molecule has 0 aromatic carbocycles. The Bertz CT molecular complexity index is 350. The predicted molar refractivity (Wildman–Crippen MR) is 87.3 cm³/mol. The van der Waals surface area contributed by atoms with Crippen LogP contribution in [0.2, 0.25) is 0 Å². The standard InChI is InChI=1S/C19H32N/c1-3-20(4-2)19-17-15-13-11-9-7-5-6-8-10-12-14-16-18(17)19/h17-18H,3-4,7-16H2,1-2H3/q+1. The molecule has 2 aliphatic rings. The maximum absolute atomic E-state index is 3.34. The van der Waals surface area contributed by atoms with Crippen molar-refractivity contribution < 1.29 is 4.58 Å². The lowest BCUT2D eigenvalue weighted by Crippen LogP contribution is -2.14. The Morgan fingerprint density at radius 2 is 1.30 bits per heavy atom. The van der Waals surface area contributed by atoms with E-state index in [4.69, 9.17) is 0 Å². The minimum Gasteiger partial charge on any atom is -0.237 e. The lowest BCUT2D eigenvalue weighted by Gasteiger charge is -1.99. The molecule has 20 heavy (non-hydrogen) atoms. The van der Waals surface area contributed by atoms with E-state index in [0.717, 1.165) is 24.7 Å². The molecule has 0 bridgehead atoms. The number of rotatable bonds is 2. The molecule has 0 aromatic rings. The highest BCUT2D eigenvalue weighted by molar-refractivity contribution is 6.00. The fourth-order valence-electron chi connectivity index (χ4n) is 3.80. The molecule has 2 aliphatic carbocycles. The van der Waals surface area contributed by atoms with Gasteiger partial charge in [-0.25, -0.2) is 4.58 Å². The van der Waals surface area contributed by atoms with E-state index in [1.165, 1.54) is 64.5 Å². The summed E-state index contributed by atoms with van der Waals surface area (Å²) in [5.41, 5.74) is 1.81. The molecule has 2 unspecified atom stereocenters. The number of nitrogens with zero attached hydrogens (tertiary/aromatic N) is 1. The van der Waals surface area contributed by atoms with Gasteiger partial charge in [0, 0.05) is 12.8 Å². The van der Waals surface area contributed by atoms with E-state index in [1.54, 1.807) is 5.71 Å². The molecule has 0 radical (unpaired) electrons. The highest BCUT2D eigenvalue weighted by atomic mass is 15.0. The number of hydrogen-bond donors (Lipinski definition) is 0. The van der Waals surface area contributed by atoms with E-state index in [0.29, 0.717) is 0 Å². The van der Waals surface area contributed by atoms with Gasteiger partial charge in [-0.3, -0.25) is 0 Å². The van der Waals surface area contributed by atoms with Gasteiger partial charge in [0.1, 0.15) is 13.1 Å². The Hall–Kier alpha value is -0.770. The van der Waals surface area contributed by atoms with Crippen molar-refractivity contribution in [2.24, 2.45) is 11.8 Å². The van der Waals surface area contributed by atoms with Crippen molar-refractivity contribution in [1.29, 1.82) is 0 Å². The average Bonchev–Trinajstić information content (AvgIpc) is 3.14. The van der Waals surface area contributed by atoms with Gasteiger partial charge in [-0.2, -0.15) is 0 Å². The summed E-state index contributed by atoms with van der Waals surface area (Å²) < 4.78 is 2.64. The topological polar surface area (TPSA) is 3.01 Å². The number of fused-ring (bicyclic) bond motifs is 1. The quantitative estimate of drug-likeness (QED) is 0.509. The monoisotopic (exact) mass is 274 g/mol. The van der Waals surface area contributed by atoms with Crippen LogP contribution in [0.25, 0.3) is 0 Å². The average molecular weight is 274 g/mol. The van der Waals surface area contributed by atoms with E-state index in [9.17, 15) is 0 Å². The summed E-state index contributed by atoms with van der Waals surface area (Å²) in [7, 11) is 0. The van der Waals surface area contributed by atoms with Crippen LogP contribution in [0.3, 0.4) is 0 Å². The molecule has 1 nitrogen and oxygen atoms in total.